The van der Waals surface area contributed by atoms with Crippen LogP contribution in [0.4, 0.5) is 10.1 Å². The number of ether oxygens (including phenoxy) is 2. The first-order chi connectivity index (χ1) is 11.5. The third-order valence-electron chi connectivity index (χ3n) is 3.10. The Morgan fingerprint density at radius 3 is 2.71 bits per heavy atom. The molecule has 2 rings (SSSR count). The minimum absolute atomic E-state index is 0.0679. The van der Waals surface area contributed by atoms with Gasteiger partial charge in [-0.25, -0.2) is 4.39 Å². The SMILES string of the molecule is CCOc1ccc(/C=C/C(=O)Nc2ccc(Cl)cc2F)cc1OC. The lowest BCUT2D eigenvalue weighted by Crippen LogP contribution is -2.09. The van der Waals surface area contributed by atoms with Gasteiger partial charge in [-0.3, -0.25) is 4.79 Å². The normalized spacial score (nSPS) is 10.7. The minimum Gasteiger partial charge on any atom is -0.493 e. The molecule has 0 radical (unpaired) electrons. The summed E-state index contributed by atoms with van der Waals surface area (Å²) in [5.74, 6) is 0.157. The number of nitrogens with one attached hydrogen (secondary N) is 1. The summed E-state index contributed by atoms with van der Waals surface area (Å²) in [5, 5.41) is 2.72. The van der Waals surface area contributed by atoms with Crippen LogP contribution in [0.2, 0.25) is 5.02 Å². The van der Waals surface area contributed by atoms with Gasteiger partial charge in [-0.2, -0.15) is 0 Å². The van der Waals surface area contributed by atoms with Gasteiger partial charge in [0.05, 0.1) is 19.4 Å². The van der Waals surface area contributed by atoms with Gasteiger partial charge >= 0.3 is 0 Å². The highest BCUT2D eigenvalue weighted by molar-refractivity contribution is 6.30. The molecule has 2 aromatic carbocycles. The highest BCUT2D eigenvalue weighted by Gasteiger charge is 2.06. The minimum atomic E-state index is -0.591. The topological polar surface area (TPSA) is 47.6 Å². The number of anilines is 1. The van der Waals surface area contributed by atoms with Crippen LogP contribution in [-0.2, 0) is 4.79 Å². The summed E-state index contributed by atoms with van der Waals surface area (Å²) >= 11 is 5.67. The molecule has 2 aromatic rings. The Hall–Kier alpha value is -2.53. The van der Waals surface area contributed by atoms with Crippen molar-refractivity contribution in [2.45, 2.75) is 6.92 Å². The van der Waals surface area contributed by atoms with Crippen molar-refractivity contribution < 1.29 is 18.7 Å². The molecule has 0 fully saturated rings. The third kappa shape index (κ3) is 4.73. The Labute approximate surface area is 144 Å². The number of hydrogen-bond donors (Lipinski definition) is 1. The molecule has 126 valence electrons. The van der Waals surface area contributed by atoms with Crippen LogP contribution >= 0.6 is 11.6 Å². The molecular formula is C18H17ClFNO3. The fourth-order valence-corrected chi connectivity index (χ4v) is 2.16. The second-order valence-corrected chi connectivity index (χ2v) is 5.23. The summed E-state index contributed by atoms with van der Waals surface area (Å²) in [7, 11) is 1.54. The van der Waals surface area contributed by atoms with Gasteiger partial charge in [0.15, 0.2) is 11.5 Å². The van der Waals surface area contributed by atoms with Crippen LogP contribution in [0.3, 0.4) is 0 Å². The maximum absolute atomic E-state index is 13.6. The van der Waals surface area contributed by atoms with E-state index in [-0.39, 0.29) is 10.7 Å². The molecule has 0 aliphatic carbocycles. The molecule has 0 spiro atoms. The molecule has 1 amide bonds. The van der Waals surface area contributed by atoms with Gasteiger partial charge < -0.3 is 14.8 Å². The number of rotatable bonds is 6. The van der Waals surface area contributed by atoms with Crippen LogP contribution in [0, 0.1) is 5.82 Å². The zero-order valence-corrected chi connectivity index (χ0v) is 14.1. The first-order valence-corrected chi connectivity index (χ1v) is 7.66. The highest BCUT2D eigenvalue weighted by atomic mass is 35.5. The second kappa shape index (κ2) is 8.36. The van der Waals surface area contributed by atoms with E-state index in [1.54, 1.807) is 31.4 Å². The van der Waals surface area contributed by atoms with E-state index in [1.807, 2.05) is 6.92 Å². The van der Waals surface area contributed by atoms with Gasteiger partial charge in [-0.05, 0) is 48.9 Å². The number of amides is 1. The summed E-state index contributed by atoms with van der Waals surface area (Å²) in [6.45, 7) is 2.41. The van der Waals surface area contributed by atoms with E-state index in [9.17, 15) is 9.18 Å². The van der Waals surface area contributed by atoms with Crippen molar-refractivity contribution in [3.05, 3.63) is 58.9 Å². The Morgan fingerprint density at radius 2 is 2.04 bits per heavy atom. The molecule has 1 N–H and O–H groups in total. The van der Waals surface area contributed by atoms with Crippen molar-refractivity contribution in [2.75, 3.05) is 19.0 Å². The molecule has 0 heterocycles. The van der Waals surface area contributed by atoms with Gasteiger partial charge in [-0.1, -0.05) is 17.7 Å². The lowest BCUT2D eigenvalue weighted by Gasteiger charge is -2.09. The monoisotopic (exact) mass is 349 g/mol. The molecule has 0 atom stereocenters. The molecule has 0 aliphatic rings. The Kier molecular flexibility index (Phi) is 6.21. The van der Waals surface area contributed by atoms with Crippen LogP contribution in [0.1, 0.15) is 12.5 Å². The Balaban J connectivity index is 2.08. The van der Waals surface area contributed by atoms with E-state index >= 15 is 0 Å². The van der Waals surface area contributed by atoms with Crippen LogP contribution < -0.4 is 14.8 Å². The summed E-state index contributed by atoms with van der Waals surface area (Å²) < 4.78 is 24.3. The molecule has 0 saturated carbocycles. The van der Waals surface area contributed by atoms with Gasteiger partial charge in [0.1, 0.15) is 5.82 Å². The van der Waals surface area contributed by atoms with Crippen molar-refractivity contribution in [3.63, 3.8) is 0 Å². The quantitative estimate of drug-likeness (QED) is 0.779. The van der Waals surface area contributed by atoms with Crippen molar-refractivity contribution in [1.29, 1.82) is 0 Å². The van der Waals surface area contributed by atoms with Crippen LogP contribution in [0.5, 0.6) is 11.5 Å². The first-order valence-electron chi connectivity index (χ1n) is 7.28. The van der Waals surface area contributed by atoms with Crippen molar-refractivity contribution in [3.8, 4) is 11.5 Å². The van der Waals surface area contributed by atoms with Crippen LogP contribution in [0.15, 0.2) is 42.5 Å². The highest BCUT2D eigenvalue weighted by Crippen LogP contribution is 2.28. The van der Waals surface area contributed by atoms with Gasteiger partial charge in [-0.15, -0.1) is 0 Å². The van der Waals surface area contributed by atoms with Crippen molar-refractivity contribution in [2.24, 2.45) is 0 Å². The Morgan fingerprint density at radius 1 is 1.25 bits per heavy atom. The van der Waals surface area contributed by atoms with Crippen LogP contribution in [0.25, 0.3) is 6.08 Å². The van der Waals surface area contributed by atoms with Crippen molar-refractivity contribution in [1.82, 2.24) is 0 Å². The Bertz CT molecular complexity index is 762. The summed E-state index contributed by atoms with van der Waals surface area (Å²) in [6.07, 6.45) is 2.91. The molecule has 6 heteroatoms. The molecule has 4 nitrogen and oxygen atoms in total. The molecule has 24 heavy (non-hydrogen) atoms. The molecule has 0 aliphatic heterocycles. The molecule has 0 aromatic heterocycles. The fourth-order valence-electron chi connectivity index (χ4n) is 2.00. The average Bonchev–Trinajstić information content (AvgIpc) is 2.56. The number of halogens is 2. The van der Waals surface area contributed by atoms with E-state index < -0.39 is 11.7 Å². The van der Waals surface area contributed by atoms with Crippen molar-refractivity contribution >= 4 is 29.3 Å². The molecule has 0 bridgehead atoms. The predicted molar refractivity (Wildman–Crippen MR) is 93.2 cm³/mol. The lowest BCUT2D eigenvalue weighted by molar-refractivity contribution is -0.111. The molecule has 0 unspecified atom stereocenters. The first kappa shape index (κ1) is 17.8. The summed E-state index contributed by atoms with van der Waals surface area (Å²) in [5.41, 5.74) is 0.820. The fraction of sp³-hybridized carbons (Fsp3) is 0.167. The summed E-state index contributed by atoms with van der Waals surface area (Å²) in [6, 6.07) is 9.35. The molecular weight excluding hydrogens is 333 g/mol. The third-order valence-corrected chi connectivity index (χ3v) is 3.34. The summed E-state index contributed by atoms with van der Waals surface area (Å²) in [4.78, 5) is 11.9. The molecule has 0 saturated heterocycles. The van der Waals surface area contributed by atoms with E-state index in [4.69, 9.17) is 21.1 Å². The zero-order chi connectivity index (χ0) is 17.5. The van der Waals surface area contributed by atoms with E-state index in [0.717, 1.165) is 11.6 Å². The van der Waals surface area contributed by atoms with E-state index in [1.165, 1.54) is 18.2 Å². The number of benzene rings is 2. The smallest absolute Gasteiger partial charge is 0.248 e. The second-order valence-electron chi connectivity index (χ2n) is 4.79. The predicted octanol–water partition coefficient (Wildman–Crippen LogP) is 4.54. The van der Waals surface area contributed by atoms with Gasteiger partial charge in [0, 0.05) is 11.1 Å². The van der Waals surface area contributed by atoms with Crippen LogP contribution in [-0.4, -0.2) is 19.6 Å². The average molecular weight is 350 g/mol. The number of carbonyl (C=O) groups is 1. The standard InChI is InChI=1S/C18H17ClFNO3/c1-3-24-16-8-4-12(10-17(16)23-2)5-9-18(22)21-15-7-6-13(19)11-14(15)20/h4-11H,3H2,1-2H3,(H,21,22)/b9-5+. The maximum Gasteiger partial charge on any atom is 0.248 e. The maximum atomic E-state index is 13.6. The van der Waals surface area contributed by atoms with Gasteiger partial charge in [0.2, 0.25) is 5.91 Å². The number of carbonyl (C=O) groups excluding carboxylic acids is 1. The number of hydrogen-bond acceptors (Lipinski definition) is 3. The van der Waals surface area contributed by atoms with E-state index in [0.29, 0.717) is 18.1 Å². The van der Waals surface area contributed by atoms with Gasteiger partial charge in [0.25, 0.3) is 0 Å². The zero-order valence-electron chi connectivity index (χ0n) is 13.3. The van der Waals surface area contributed by atoms with E-state index in [2.05, 4.69) is 5.32 Å². The largest absolute Gasteiger partial charge is 0.493 e. The lowest BCUT2D eigenvalue weighted by atomic mass is 10.2. The number of methoxy groups -OCH3 is 1.